The maximum atomic E-state index is 12.4. The summed E-state index contributed by atoms with van der Waals surface area (Å²) in [6.45, 7) is 4.85. The van der Waals surface area contributed by atoms with E-state index in [2.05, 4.69) is 26.0 Å². The number of allylic oxidation sites excluding steroid dienone is 4. The van der Waals surface area contributed by atoms with Gasteiger partial charge in [-0.05, 0) is 97.1 Å². The molecule has 0 radical (unpaired) electrons. The van der Waals surface area contributed by atoms with Gasteiger partial charge in [-0.25, -0.2) is 0 Å². The molecule has 1 N–H and O–H groups in total. The van der Waals surface area contributed by atoms with Gasteiger partial charge in [0.1, 0.15) is 0 Å². The highest BCUT2D eigenvalue weighted by atomic mass is 16.7. The van der Waals surface area contributed by atoms with Crippen molar-refractivity contribution in [2.45, 2.75) is 83.2 Å². The first-order chi connectivity index (χ1) is 15.4. The molecule has 6 rings (SSSR count). The van der Waals surface area contributed by atoms with E-state index in [1.165, 1.54) is 22.3 Å². The number of ether oxygens (including phenoxy) is 2. The molecule has 0 spiro atoms. The summed E-state index contributed by atoms with van der Waals surface area (Å²) in [7, 11) is 0. The molecule has 4 nitrogen and oxygen atoms in total. The number of carbonyl (C=O) groups excluding carboxylic acids is 1. The lowest BCUT2D eigenvalue weighted by molar-refractivity contribution is -0.121. The van der Waals surface area contributed by atoms with Gasteiger partial charge in [0.2, 0.25) is 6.79 Å². The van der Waals surface area contributed by atoms with E-state index in [9.17, 15) is 9.90 Å². The SMILES string of the molecule is CCC[C@]1(C)CCC2C3CCC4=CC(=O)CCC4=C3C(c3ccc4c(c3)OCO4)C[C@@]21O. The highest BCUT2D eigenvalue weighted by Crippen LogP contribution is 2.66. The molecule has 170 valence electrons. The molecule has 4 heteroatoms. The molecule has 0 aromatic heterocycles. The second-order valence-corrected chi connectivity index (χ2v) is 11.0. The number of carbonyl (C=O) groups is 1. The number of benzene rings is 1. The van der Waals surface area contributed by atoms with Gasteiger partial charge in [0, 0.05) is 12.3 Å². The van der Waals surface area contributed by atoms with Gasteiger partial charge in [-0.2, -0.15) is 0 Å². The van der Waals surface area contributed by atoms with E-state index >= 15 is 0 Å². The van der Waals surface area contributed by atoms with Crippen LogP contribution in [0.3, 0.4) is 0 Å². The minimum atomic E-state index is -0.648. The molecular formula is C28H34O4. The molecule has 0 amide bonds. The predicted octanol–water partition coefficient (Wildman–Crippen LogP) is 5.85. The van der Waals surface area contributed by atoms with Crippen molar-refractivity contribution in [3.05, 3.63) is 46.6 Å². The molecule has 4 aliphatic carbocycles. The zero-order valence-electron chi connectivity index (χ0n) is 19.3. The van der Waals surface area contributed by atoms with Gasteiger partial charge < -0.3 is 14.6 Å². The summed E-state index contributed by atoms with van der Waals surface area (Å²) in [6.07, 6.45) is 10.6. The Hall–Kier alpha value is -2.07. The van der Waals surface area contributed by atoms with Crippen molar-refractivity contribution in [3.63, 3.8) is 0 Å². The smallest absolute Gasteiger partial charge is 0.231 e. The summed E-state index contributed by atoms with van der Waals surface area (Å²) in [6, 6.07) is 6.34. The lowest BCUT2D eigenvalue weighted by Gasteiger charge is -2.54. The van der Waals surface area contributed by atoms with Crippen molar-refractivity contribution < 1.29 is 19.4 Å². The van der Waals surface area contributed by atoms with Gasteiger partial charge in [-0.3, -0.25) is 4.79 Å². The Balaban J connectivity index is 1.51. The van der Waals surface area contributed by atoms with Crippen LogP contribution in [0.1, 0.15) is 83.1 Å². The lowest BCUT2D eigenvalue weighted by atomic mass is 9.53. The highest BCUT2D eigenvalue weighted by molar-refractivity contribution is 5.93. The van der Waals surface area contributed by atoms with Crippen LogP contribution >= 0.6 is 0 Å². The fourth-order valence-corrected chi connectivity index (χ4v) is 7.94. The molecular weight excluding hydrogens is 400 g/mol. The third-order valence-electron chi connectivity index (χ3n) is 9.46. The molecule has 5 aliphatic rings. The van der Waals surface area contributed by atoms with Crippen molar-refractivity contribution in [3.8, 4) is 11.5 Å². The number of hydrogen-bond donors (Lipinski definition) is 1. The van der Waals surface area contributed by atoms with E-state index < -0.39 is 5.60 Å². The summed E-state index contributed by atoms with van der Waals surface area (Å²) in [4.78, 5) is 12.2. The van der Waals surface area contributed by atoms with Crippen LogP contribution in [0.15, 0.2) is 41.0 Å². The first-order valence-corrected chi connectivity index (χ1v) is 12.5. The standard InChI is InChI=1S/C28H34O4/c1-3-11-27(2)12-10-23-21-7-4-17-13-19(29)6-8-20(17)26(21)22(15-28(23,27)30)18-5-9-24-25(14-18)32-16-31-24/h5,9,13-14,21-23,30H,3-4,6-8,10-12,15-16H2,1-2H3/t21?,22?,23?,27-,28-/m1/s1. The fourth-order valence-electron chi connectivity index (χ4n) is 7.94. The third-order valence-corrected chi connectivity index (χ3v) is 9.46. The van der Waals surface area contributed by atoms with Crippen LogP contribution in [0.5, 0.6) is 11.5 Å². The van der Waals surface area contributed by atoms with Crippen LogP contribution in [-0.2, 0) is 4.79 Å². The third kappa shape index (κ3) is 2.81. The Morgan fingerprint density at radius 1 is 1.12 bits per heavy atom. The molecule has 1 aromatic rings. The quantitative estimate of drug-likeness (QED) is 0.649. The van der Waals surface area contributed by atoms with Crippen LogP contribution < -0.4 is 9.47 Å². The van der Waals surface area contributed by atoms with Crippen LogP contribution in [0.25, 0.3) is 0 Å². The molecule has 0 bridgehead atoms. The predicted molar refractivity (Wildman–Crippen MR) is 123 cm³/mol. The summed E-state index contributed by atoms with van der Waals surface area (Å²) >= 11 is 0. The van der Waals surface area contributed by atoms with E-state index in [1.807, 2.05) is 12.1 Å². The number of fused-ring (bicyclic) bond motifs is 5. The summed E-state index contributed by atoms with van der Waals surface area (Å²) in [5, 5.41) is 12.4. The summed E-state index contributed by atoms with van der Waals surface area (Å²) < 4.78 is 11.3. The fraction of sp³-hybridized carbons (Fsp3) is 0.607. The zero-order valence-corrected chi connectivity index (χ0v) is 19.3. The van der Waals surface area contributed by atoms with Gasteiger partial charge in [-0.15, -0.1) is 0 Å². The molecule has 1 aromatic carbocycles. The van der Waals surface area contributed by atoms with E-state index in [0.717, 1.165) is 62.9 Å². The monoisotopic (exact) mass is 434 g/mol. The number of aliphatic hydroxyl groups is 1. The first kappa shape index (κ1) is 20.5. The summed E-state index contributed by atoms with van der Waals surface area (Å²) in [5.41, 5.74) is 4.75. The van der Waals surface area contributed by atoms with Crippen LogP contribution in [0.4, 0.5) is 0 Å². The largest absolute Gasteiger partial charge is 0.454 e. The van der Waals surface area contributed by atoms with E-state index in [-0.39, 0.29) is 23.9 Å². The minimum Gasteiger partial charge on any atom is -0.454 e. The van der Waals surface area contributed by atoms with E-state index in [1.54, 1.807) is 0 Å². The normalized spacial score (nSPS) is 37.7. The van der Waals surface area contributed by atoms with Crippen molar-refractivity contribution >= 4 is 5.78 Å². The van der Waals surface area contributed by atoms with Crippen LogP contribution in [0, 0.1) is 17.3 Å². The van der Waals surface area contributed by atoms with Gasteiger partial charge >= 0.3 is 0 Å². The van der Waals surface area contributed by atoms with Crippen molar-refractivity contribution in [1.82, 2.24) is 0 Å². The van der Waals surface area contributed by atoms with E-state index in [4.69, 9.17) is 9.47 Å². The average molecular weight is 435 g/mol. The average Bonchev–Trinajstić information content (AvgIpc) is 3.35. The van der Waals surface area contributed by atoms with Gasteiger partial charge in [0.15, 0.2) is 17.3 Å². The minimum absolute atomic E-state index is 0.0319. The van der Waals surface area contributed by atoms with Gasteiger partial charge in [0.05, 0.1) is 5.60 Å². The molecule has 32 heavy (non-hydrogen) atoms. The maximum Gasteiger partial charge on any atom is 0.231 e. The van der Waals surface area contributed by atoms with Gasteiger partial charge in [0.25, 0.3) is 0 Å². The first-order valence-electron chi connectivity index (χ1n) is 12.5. The molecule has 2 fully saturated rings. The Labute approximate surface area is 190 Å². The van der Waals surface area contributed by atoms with E-state index in [0.29, 0.717) is 18.3 Å². The highest BCUT2D eigenvalue weighted by Gasteiger charge is 2.62. The Bertz CT molecular complexity index is 1040. The molecule has 0 saturated heterocycles. The molecule has 3 unspecified atom stereocenters. The van der Waals surface area contributed by atoms with Crippen molar-refractivity contribution in [2.75, 3.05) is 6.79 Å². The Morgan fingerprint density at radius 3 is 2.81 bits per heavy atom. The number of rotatable bonds is 3. The molecule has 2 saturated carbocycles. The van der Waals surface area contributed by atoms with Crippen LogP contribution in [-0.4, -0.2) is 23.3 Å². The summed E-state index contributed by atoms with van der Waals surface area (Å²) in [5.74, 6) is 2.78. The lowest BCUT2D eigenvalue weighted by Crippen LogP contribution is -2.54. The Morgan fingerprint density at radius 2 is 1.97 bits per heavy atom. The molecule has 1 heterocycles. The maximum absolute atomic E-state index is 12.4. The van der Waals surface area contributed by atoms with Crippen LogP contribution in [0.2, 0.25) is 0 Å². The van der Waals surface area contributed by atoms with Crippen molar-refractivity contribution in [1.29, 1.82) is 0 Å². The molecule has 1 aliphatic heterocycles. The number of hydrogen-bond acceptors (Lipinski definition) is 4. The zero-order chi connectivity index (χ0) is 22.1. The van der Waals surface area contributed by atoms with Crippen molar-refractivity contribution in [2.24, 2.45) is 17.3 Å². The second-order valence-electron chi connectivity index (χ2n) is 11.0. The molecule has 5 atom stereocenters. The number of ketones is 1. The Kier molecular flexibility index (Phi) is 4.63. The second kappa shape index (κ2) is 7.21. The van der Waals surface area contributed by atoms with Gasteiger partial charge in [-0.1, -0.05) is 31.9 Å². The topological polar surface area (TPSA) is 55.8 Å².